The van der Waals surface area contributed by atoms with Crippen LogP contribution in [0.4, 0.5) is 4.79 Å². The molecule has 32 heavy (non-hydrogen) atoms. The third-order valence-electron chi connectivity index (χ3n) is 4.30. The molecule has 11 nitrogen and oxygen atoms in total. The summed E-state index contributed by atoms with van der Waals surface area (Å²) in [7, 11) is 0. The van der Waals surface area contributed by atoms with Crippen LogP contribution in [-0.4, -0.2) is 52.3 Å². The normalized spacial score (nSPS) is 25.1. The Hall–Kier alpha value is -2.43. The number of azide groups is 1. The summed E-state index contributed by atoms with van der Waals surface area (Å²) in [6.45, 7) is 2.68. The number of halogens is 3. The van der Waals surface area contributed by atoms with Crippen molar-refractivity contribution < 1.29 is 28.5 Å². The molecule has 1 aromatic rings. The number of hydrogen-bond donors (Lipinski definition) is 2. The molecular weight excluding hydrogens is 489 g/mol. The predicted octanol–water partition coefficient (Wildman–Crippen LogP) is 4.00. The fourth-order valence-corrected chi connectivity index (χ4v) is 3.04. The number of alkyl halides is 3. The van der Waals surface area contributed by atoms with E-state index in [1.165, 1.54) is 0 Å². The number of benzene rings is 1. The van der Waals surface area contributed by atoms with Gasteiger partial charge in [0.05, 0.1) is 12.1 Å². The summed E-state index contributed by atoms with van der Waals surface area (Å²) in [4.78, 5) is 26.8. The molecule has 2 rings (SSSR count). The predicted molar refractivity (Wildman–Crippen MR) is 115 cm³/mol. The molecule has 0 saturated carbocycles. The Labute approximate surface area is 198 Å². The van der Waals surface area contributed by atoms with Crippen molar-refractivity contribution in [3.8, 4) is 0 Å². The maximum Gasteiger partial charge on any atom is 0.407 e. The third-order valence-corrected chi connectivity index (χ3v) is 4.81. The first-order valence-electron chi connectivity index (χ1n) is 9.19. The highest BCUT2D eigenvalue weighted by molar-refractivity contribution is 6.76. The highest BCUT2D eigenvalue weighted by Crippen LogP contribution is 2.32. The van der Waals surface area contributed by atoms with Crippen molar-refractivity contribution in [1.29, 1.82) is 5.41 Å². The lowest BCUT2D eigenvalue weighted by atomic mass is 9.95. The van der Waals surface area contributed by atoms with Gasteiger partial charge in [0.15, 0.2) is 0 Å². The van der Waals surface area contributed by atoms with Crippen LogP contribution < -0.4 is 5.32 Å². The summed E-state index contributed by atoms with van der Waals surface area (Å²) in [5.74, 6) is -1.52. The second-order valence-electron chi connectivity index (χ2n) is 6.66. The van der Waals surface area contributed by atoms with E-state index in [1.807, 2.05) is 6.07 Å². The number of carbonyl (C=O) groups is 2. The molecule has 0 radical (unpaired) electrons. The number of alkyl carbamates (subject to hydrolysis) is 1. The molecule has 1 aromatic carbocycles. The molecule has 1 fully saturated rings. The lowest BCUT2D eigenvalue weighted by Gasteiger charge is -2.43. The van der Waals surface area contributed by atoms with Gasteiger partial charge < -0.3 is 24.3 Å². The molecule has 0 bridgehead atoms. The van der Waals surface area contributed by atoms with E-state index in [2.05, 4.69) is 15.3 Å². The minimum absolute atomic E-state index is 0.00120. The fraction of sp³-hybridized carbons (Fsp3) is 0.500. The van der Waals surface area contributed by atoms with Crippen LogP contribution in [0.2, 0.25) is 0 Å². The van der Waals surface area contributed by atoms with E-state index in [0.29, 0.717) is 0 Å². The Morgan fingerprint density at radius 1 is 1.28 bits per heavy atom. The lowest BCUT2D eigenvalue weighted by molar-refractivity contribution is -0.210. The molecule has 0 aliphatic carbocycles. The minimum atomic E-state index is -2.21. The topological polar surface area (TPSA) is 156 Å². The second-order valence-corrected chi connectivity index (χ2v) is 8.94. The van der Waals surface area contributed by atoms with Crippen molar-refractivity contribution in [2.45, 2.75) is 54.8 Å². The monoisotopic (exact) mass is 507 g/mol. The Morgan fingerprint density at radius 2 is 1.94 bits per heavy atom. The van der Waals surface area contributed by atoms with Crippen LogP contribution >= 0.6 is 34.8 Å². The van der Waals surface area contributed by atoms with E-state index in [0.717, 1.165) is 12.5 Å². The van der Waals surface area contributed by atoms with Crippen LogP contribution in [0.25, 0.3) is 10.4 Å². The van der Waals surface area contributed by atoms with E-state index in [1.54, 1.807) is 31.2 Å². The van der Waals surface area contributed by atoms with Crippen LogP contribution in [0, 0.1) is 5.41 Å². The molecular formula is C18H20Cl3N5O6. The third kappa shape index (κ3) is 7.32. The van der Waals surface area contributed by atoms with Crippen molar-refractivity contribution in [3.05, 3.63) is 46.3 Å². The number of carbonyl (C=O) groups excluding carboxylic acids is 2. The van der Waals surface area contributed by atoms with E-state index in [-0.39, 0.29) is 6.61 Å². The smallest absolute Gasteiger partial charge is 0.407 e. The van der Waals surface area contributed by atoms with Crippen molar-refractivity contribution >= 4 is 52.8 Å². The Bertz CT molecular complexity index is 878. The summed E-state index contributed by atoms with van der Waals surface area (Å²) in [6, 6.07) is 6.66. The van der Waals surface area contributed by atoms with Gasteiger partial charge in [-0.1, -0.05) is 70.2 Å². The molecule has 0 aromatic heterocycles. The summed E-state index contributed by atoms with van der Waals surface area (Å²) in [5.41, 5.74) is 9.75. The lowest BCUT2D eigenvalue weighted by Crippen LogP contribution is -2.64. The maximum atomic E-state index is 12.4. The van der Waals surface area contributed by atoms with Gasteiger partial charge in [-0.3, -0.25) is 10.2 Å². The molecule has 5 atom stereocenters. The molecule has 1 saturated heterocycles. The van der Waals surface area contributed by atoms with Crippen LogP contribution in [0.1, 0.15) is 19.4 Å². The van der Waals surface area contributed by atoms with Crippen LogP contribution in [0.15, 0.2) is 35.4 Å². The average Bonchev–Trinajstić information content (AvgIpc) is 2.71. The summed E-state index contributed by atoms with van der Waals surface area (Å²) >= 11 is 16.9. The van der Waals surface area contributed by atoms with E-state index < -0.39 is 52.3 Å². The SMILES string of the molecule is CC(=O)O[C@@H]1[C@@H](N=[N+]=[N-])[C@H](OC(=N)C(Cl)(Cl)Cl)O[C@H](C)[C@@H]1NC(=O)OCc1ccccc1. The number of nitrogens with one attached hydrogen (secondary N) is 2. The number of hydrogen-bond acceptors (Lipinski definition) is 8. The molecule has 174 valence electrons. The summed E-state index contributed by atoms with van der Waals surface area (Å²) < 4.78 is 19.2. The van der Waals surface area contributed by atoms with Gasteiger partial charge in [-0.25, -0.2) is 4.79 Å². The molecule has 1 heterocycles. The number of amides is 1. The van der Waals surface area contributed by atoms with Crippen LogP contribution in [0.3, 0.4) is 0 Å². The van der Waals surface area contributed by atoms with E-state index in [4.69, 9.17) is 64.7 Å². The van der Waals surface area contributed by atoms with Gasteiger partial charge in [0, 0.05) is 11.8 Å². The molecule has 0 spiro atoms. The number of ether oxygens (including phenoxy) is 4. The maximum absolute atomic E-state index is 12.4. The Morgan fingerprint density at radius 3 is 2.50 bits per heavy atom. The molecule has 0 unspecified atom stereocenters. The summed E-state index contributed by atoms with van der Waals surface area (Å²) in [6.07, 6.45) is -4.34. The zero-order valence-corrected chi connectivity index (χ0v) is 19.2. The first kappa shape index (κ1) is 25.8. The molecule has 1 aliphatic heterocycles. The number of esters is 1. The zero-order valence-electron chi connectivity index (χ0n) is 16.9. The quantitative estimate of drug-likeness (QED) is 0.112. The fourth-order valence-electron chi connectivity index (χ4n) is 2.91. The first-order chi connectivity index (χ1) is 15.0. The Balaban J connectivity index is 2.20. The van der Waals surface area contributed by atoms with E-state index in [9.17, 15) is 9.59 Å². The number of nitrogens with zero attached hydrogens (tertiary/aromatic N) is 3. The average molecular weight is 509 g/mol. The first-order valence-corrected chi connectivity index (χ1v) is 10.3. The van der Waals surface area contributed by atoms with Gasteiger partial charge in [-0.05, 0) is 18.0 Å². The van der Waals surface area contributed by atoms with Gasteiger partial charge in [-0.2, -0.15) is 0 Å². The molecule has 1 amide bonds. The Kier molecular flexibility index (Phi) is 9.23. The van der Waals surface area contributed by atoms with Crippen molar-refractivity contribution in [1.82, 2.24) is 5.32 Å². The highest BCUT2D eigenvalue weighted by Gasteiger charge is 2.49. The zero-order chi connectivity index (χ0) is 23.9. The minimum Gasteiger partial charge on any atom is -0.460 e. The van der Waals surface area contributed by atoms with Gasteiger partial charge in [0.2, 0.25) is 12.2 Å². The van der Waals surface area contributed by atoms with E-state index >= 15 is 0 Å². The van der Waals surface area contributed by atoms with Gasteiger partial charge in [0.25, 0.3) is 3.79 Å². The molecule has 2 N–H and O–H groups in total. The standard InChI is InChI=1S/C18H20Cl3N5O6/c1-9-12(24-17(28)29-8-11-6-4-3-5-7-11)14(31-10(2)27)13(25-26-23)15(30-9)32-16(22)18(19,20)21/h3-7,9,12-15,22H,8H2,1-2H3,(H,24,28)/t9-,12+,13-,14+,15+/m1/s1. The van der Waals surface area contributed by atoms with Crippen molar-refractivity contribution in [3.63, 3.8) is 0 Å². The number of rotatable bonds is 6. The molecule has 1 aliphatic rings. The van der Waals surface area contributed by atoms with Crippen molar-refractivity contribution in [2.24, 2.45) is 5.11 Å². The van der Waals surface area contributed by atoms with Gasteiger partial charge in [-0.15, -0.1) is 0 Å². The van der Waals surface area contributed by atoms with Crippen LogP contribution in [-0.2, 0) is 30.3 Å². The van der Waals surface area contributed by atoms with Crippen molar-refractivity contribution in [2.75, 3.05) is 0 Å². The van der Waals surface area contributed by atoms with Gasteiger partial charge in [0.1, 0.15) is 18.8 Å². The second kappa shape index (κ2) is 11.4. The molecule has 14 heteroatoms. The van der Waals surface area contributed by atoms with Gasteiger partial charge >= 0.3 is 12.1 Å². The largest absolute Gasteiger partial charge is 0.460 e. The highest BCUT2D eigenvalue weighted by atomic mass is 35.6. The van der Waals surface area contributed by atoms with Crippen LogP contribution in [0.5, 0.6) is 0 Å². The summed E-state index contributed by atoms with van der Waals surface area (Å²) in [5, 5.41) is 13.8.